The number of nitrogens with zero attached hydrogens (tertiary/aromatic N) is 4. The smallest absolute Gasteiger partial charge is 0.328 e. The molecule has 0 bridgehead atoms. The molecule has 0 fully saturated rings. The van der Waals surface area contributed by atoms with E-state index in [2.05, 4.69) is 31.3 Å². The number of hydrogen-bond donors (Lipinski definition) is 3. The molecule has 0 radical (unpaired) electrons. The highest BCUT2D eigenvalue weighted by atomic mass is 16.5. The molecule has 176 valence electrons. The maximum Gasteiger partial charge on any atom is 0.328 e. The summed E-state index contributed by atoms with van der Waals surface area (Å²) in [4.78, 5) is 27.9. The molecule has 10 heteroatoms. The van der Waals surface area contributed by atoms with Gasteiger partial charge in [0, 0.05) is 28.2 Å². The zero-order valence-electron chi connectivity index (χ0n) is 19.0. The fraction of sp³-hybridized carbons (Fsp3) is 0.240. The summed E-state index contributed by atoms with van der Waals surface area (Å²) in [5, 5.41) is 13.0. The summed E-state index contributed by atoms with van der Waals surface area (Å²) in [7, 11) is 0. The molecule has 1 aliphatic carbocycles. The number of aromatic nitrogens is 4. The van der Waals surface area contributed by atoms with Crippen LogP contribution in [0, 0.1) is 11.3 Å². The average molecular weight is 470 g/mol. The standard InChI is InChI=1S/C25H23N7O3/c1-2-34-21(33)11-15-5-9-18-19-12-17(8-10-20(19)29-22(15)18)35-25-31-23(27)30-24(32-25)28-16-6-3-14(13-26)4-7-16/h3-4,6-8,10,12,15,29H,2,5,9,11H2,1H3,(H3,27,28,30,31,32). The molecule has 2 aromatic heterocycles. The Morgan fingerprint density at radius 3 is 2.83 bits per heavy atom. The first kappa shape index (κ1) is 22.2. The Hall–Kier alpha value is -4.65. The number of fused-ring (bicyclic) bond motifs is 3. The SMILES string of the molecule is CCOC(=O)CC1CCc2c1[nH]c1ccc(Oc3nc(N)nc(Nc4ccc(C#N)cc4)n3)cc21. The number of nitrogen functional groups attached to an aromatic ring is 1. The second-order valence-electron chi connectivity index (χ2n) is 8.19. The van der Waals surface area contributed by atoms with Gasteiger partial charge in [0.1, 0.15) is 5.75 Å². The van der Waals surface area contributed by atoms with Crippen molar-refractivity contribution in [1.29, 1.82) is 5.26 Å². The summed E-state index contributed by atoms with van der Waals surface area (Å²) in [5.74, 6) is 0.744. The molecule has 0 saturated heterocycles. The van der Waals surface area contributed by atoms with Gasteiger partial charge in [-0.3, -0.25) is 4.79 Å². The number of aromatic amines is 1. The van der Waals surface area contributed by atoms with Crippen molar-refractivity contribution in [2.75, 3.05) is 17.7 Å². The van der Waals surface area contributed by atoms with Crippen molar-refractivity contribution in [3.05, 3.63) is 59.3 Å². The second-order valence-corrected chi connectivity index (χ2v) is 8.19. The Morgan fingerprint density at radius 1 is 1.23 bits per heavy atom. The lowest BCUT2D eigenvalue weighted by Crippen LogP contribution is -2.08. The van der Waals surface area contributed by atoms with Crippen molar-refractivity contribution >= 4 is 34.5 Å². The number of benzene rings is 2. The van der Waals surface area contributed by atoms with Crippen LogP contribution >= 0.6 is 0 Å². The van der Waals surface area contributed by atoms with Crippen LogP contribution in [0.5, 0.6) is 11.8 Å². The van der Waals surface area contributed by atoms with Gasteiger partial charge in [0.05, 0.1) is 24.7 Å². The molecule has 1 atom stereocenters. The summed E-state index contributed by atoms with van der Waals surface area (Å²) in [6.07, 6.45) is 2.14. The highest BCUT2D eigenvalue weighted by Crippen LogP contribution is 2.40. The van der Waals surface area contributed by atoms with Crippen molar-refractivity contribution in [3.63, 3.8) is 0 Å². The molecule has 1 aliphatic rings. The highest BCUT2D eigenvalue weighted by molar-refractivity contribution is 5.87. The number of esters is 1. The van der Waals surface area contributed by atoms with E-state index in [0.29, 0.717) is 30.0 Å². The van der Waals surface area contributed by atoms with E-state index in [9.17, 15) is 4.79 Å². The van der Waals surface area contributed by atoms with Crippen molar-refractivity contribution in [3.8, 4) is 17.8 Å². The number of ether oxygens (including phenoxy) is 2. The van der Waals surface area contributed by atoms with E-state index in [0.717, 1.165) is 29.4 Å². The normalized spacial score (nSPS) is 14.3. The van der Waals surface area contributed by atoms with Crippen LogP contribution in [-0.4, -0.2) is 32.5 Å². The number of nitriles is 1. The Bertz CT molecular complexity index is 1440. The third kappa shape index (κ3) is 4.70. The zero-order chi connectivity index (χ0) is 24.4. The van der Waals surface area contributed by atoms with Gasteiger partial charge >= 0.3 is 12.0 Å². The third-order valence-electron chi connectivity index (χ3n) is 5.89. The Balaban J connectivity index is 1.36. The van der Waals surface area contributed by atoms with Gasteiger partial charge in [-0.2, -0.15) is 20.2 Å². The van der Waals surface area contributed by atoms with Crippen LogP contribution in [0.2, 0.25) is 0 Å². The van der Waals surface area contributed by atoms with Crippen LogP contribution in [0.1, 0.15) is 42.5 Å². The quantitative estimate of drug-likeness (QED) is 0.336. The molecule has 2 aromatic carbocycles. The minimum absolute atomic E-state index is 0.0107. The third-order valence-corrected chi connectivity index (χ3v) is 5.89. The minimum Gasteiger partial charge on any atom is -0.466 e. The molecule has 0 saturated carbocycles. The van der Waals surface area contributed by atoms with Crippen LogP contribution in [0.4, 0.5) is 17.6 Å². The summed E-state index contributed by atoms with van der Waals surface area (Å²) in [6, 6.07) is 14.7. The lowest BCUT2D eigenvalue weighted by atomic mass is 10.0. The molecule has 0 amide bonds. The van der Waals surface area contributed by atoms with E-state index in [-0.39, 0.29) is 29.8 Å². The predicted octanol–water partition coefficient (Wildman–Crippen LogP) is 4.33. The number of rotatable bonds is 7. The first-order valence-electron chi connectivity index (χ1n) is 11.3. The van der Waals surface area contributed by atoms with Crippen molar-refractivity contribution < 1.29 is 14.3 Å². The molecular formula is C25H23N7O3. The first-order chi connectivity index (χ1) is 17.0. The maximum absolute atomic E-state index is 12.0. The average Bonchev–Trinajstić information content (AvgIpc) is 3.39. The molecular weight excluding hydrogens is 446 g/mol. The van der Waals surface area contributed by atoms with Gasteiger partial charge in [0.2, 0.25) is 11.9 Å². The fourth-order valence-corrected chi connectivity index (χ4v) is 4.35. The predicted molar refractivity (Wildman–Crippen MR) is 129 cm³/mol. The molecule has 4 N–H and O–H groups in total. The number of hydrogen-bond acceptors (Lipinski definition) is 9. The highest BCUT2D eigenvalue weighted by Gasteiger charge is 2.29. The molecule has 0 aliphatic heterocycles. The second kappa shape index (κ2) is 9.30. The molecule has 2 heterocycles. The zero-order valence-corrected chi connectivity index (χ0v) is 19.0. The van der Waals surface area contributed by atoms with Crippen LogP contribution < -0.4 is 15.8 Å². The topological polar surface area (TPSA) is 152 Å². The Morgan fingerprint density at radius 2 is 2.06 bits per heavy atom. The van der Waals surface area contributed by atoms with Crippen molar-refractivity contribution in [2.45, 2.75) is 32.1 Å². The molecule has 0 spiro atoms. The number of H-pyrrole nitrogens is 1. The van der Waals surface area contributed by atoms with Gasteiger partial charge in [-0.25, -0.2) is 0 Å². The largest absolute Gasteiger partial charge is 0.466 e. The number of carbonyl (C=O) groups is 1. The lowest BCUT2D eigenvalue weighted by molar-refractivity contribution is -0.143. The van der Waals surface area contributed by atoms with E-state index in [1.165, 1.54) is 5.56 Å². The fourth-order valence-electron chi connectivity index (χ4n) is 4.35. The molecule has 4 aromatic rings. The van der Waals surface area contributed by atoms with Gasteiger partial charge in [-0.1, -0.05) is 0 Å². The van der Waals surface area contributed by atoms with Gasteiger partial charge < -0.3 is 25.5 Å². The van der Waals surface area contributed by atoms with Crippen molar-refractivity contribution in [2.24, 2.45) is 0 Å². The molecule has 1 unspecified atom stereocenters. The molecule has 10 nitrogen and oxygen atoms in total. The number of carbonyl (C=O) groups excluding carboxylic acids is 1. The lowest BCUT2D eigenvalue weighted by Gasteiger charge is -2.09. The monoisotopic (exact) mass is 469 g/mol. The van der Waals surface area contributed by atoms with E-state index >= 15 is 0 Å². The minimum atomic E-state index is -0.175. The maximum atomic E-state index is 12.0. The number of aryl methyl sites for hydroxylation is 1. The van der Waals surface area contributed by atoms with E-state index in [1.54, 1.807) is 24.3 Å². The first-order valence-corrected chi connectivity index (χ1v) is 11.3. The van der Waals surface area contributed by atoms with Crippen LogP contribution in [0.3, 0.4) is 0 Å². The van der Waals surface area contributed by atoms with Crippen molar-refractivity contribution in [1.82, 2.24) is 19.9 Å². The van der Waals surface area contributed by atoms with Crippen LogP contribution in [-0.2, 0) is 16.0 Å². The Labute approximate surface area is 201 Å². The van der Waals surface area contributed by atoms with Gasteiger partial charge in [-0.15, -0.1) is 0 Å². The number of nitrogens with one attached hydrogen (secondary N) is 2. The molecule has 35 heavy (non-hydrogen) atoms. The van der Waals surface area contributed by atoms with Crippen LogP contribution in [0.15, 0.2) is 42.5 Å². The molecule has 5 rings (SSSR count). The number of anilines is 3. The Kier molecular flexibility index (Phi) is 5.89. The van der Waals surface area contributed by atoms with Crippen LogP contribution in [0.25, 0.3) is 10.9 Å². The van der Waals surface area contributed by atoms with E-state index < -0.39 is 0 Å². The summed E-state index contributed by atoms with van der Waals surface area (Å²) in [5.41, 5.74) is 10.4. The number of nitrogens with two attached hydrogens (primary N) is 1. The summed E-state index contributed by atoms with van der Waals surface area (Å²) >= 11 is 0. The van der Waals surface area contributed by atoms with Gasteiger partial charge in [0.25, 0.3) is 0 Å². The summed E-state index contributed by atoms with van der Waals surface area (Å²) < 4.78 is 11.0. The summed E-state index contributed by atoms with van der Waals surface area (Å²) in [6.45, 7) is 2.20. The van der Waals surface area contributed by atoms with Gasteiger partial charge in [0.15, 0.2) is 0 Å². The van der Waals surface area contributed by atoms with E-state index in [4.69, 9.17) is 20.5 Å². The van der Waals surface area contributed by atoms with Gasteiger partial charge in [-0.05, 0) is 67.8 Å². The van der Waals surface area contributed by atoms with E-state index in [1.807, 2.05) is 25.1 Å².